The van der Waals surface area contributed by atoms with Crippen molar-refractivity contribution in [3.63, 3.8) is 0 Å². The van der Waals surface area contributed by atoms with E-state index < -0.39 is 41.5 Å². The number of aliphatic imine (C=N–C) groups is 1. The van der Waals surface area contributed by atoms with Gasteiger partial charge in [0.1, 0.15) is 46.3 Å². The van der Waals surface area contributed by atoms with Gasteiger partial charge in [0.15, 0.2) is 0 Å². The molecule has 1 fully saturated rings. The molecule has 0 aliphatic carbocycles. The molecule has 1 unspecified atom stereocenters. The molecular weight excluding hydrogens is 550 g/mol. The molecule has 0 spiro atoms. The van der Waals surface area contributed by atoms with Crippen molar-refractivity contribution >= 4 is 44.7 Å². The first-order valence-corrected chi connectivity index (χ1v) is 14.5. The van der Waals surface area contributed by atoms with Crippen molar-refractivity contribution in [3.05, 3.63) is 58.4 Å². The van der Waals surface area contributed by atoms with Crippen LogP contribution >= 0.6 is 34.0 Å². The van der Waals surface area contributed by atoms with Crippen molar-refractivity contribution in [2.75, 3.05) is 13.7 Å². The molecule has 3 aromatic heterocycles. The van der Waals surface area contributed by atoms with Crippen molar-refractivity contribution < 1.29 is 19.7 Å². The Morgan fingerprint density at radius 2 is 2.08 bits per heavy atom. The third kappa shape index (κ3) is 4.28. The number of aliphatic hydroxyl groups is 2. The van der Waals surface area contributed by atoms with Gasteiger partial charge in [-0.1, -0.05) is 40.0 Å². The molecule has 11 nitrogen and oxygen atoms in total. The van der Waals surface area contributed by atoms with Gasteiger partial charge in [-0.15, -0.1) is 16.4 Å². The van der Waals surface area contributed by atoms with E-state index in [0.717, 1.165) is 27.0 Å². The van der Waals surface area contributed by atoms with Gasteiger partial charge in [-0.25, -0.2) is 18.7 Å². The molecule has 6 atom stereocenters. The lowest BCUT2D eigenvalue weighted by atomic mass is 9.91. The normalized spacial score (nSPS) is 27.9. The van der Waals surface area contributed by atoms with E-state index in [1.54, 1.807) is 23.4 Å². The van der Waals surface area contributed by atoms with Gasteiger partial charge in [-0.05, 0) is 32.0 Å². The van der Waals surface area contributed by atoms with Gasteiger partial charge < -0.3 is 19.7 Å². The van der Waals surface area contributed by atoms with E-state index in [2.05, 4.69) is 21.4 Å². The van der Waals surface area contributed by atoms with Crippen LogP contribution in [0.25, 0.3) is 10.7 Å². The summed E-state index contributed by atoms with van der Waals surface area (Å²) >= 11 is 6.30. The van der Waals surface area contributed by atoms with Gasteiger partial charge in [0.2, 0.25) is 0 Å². The number of para-hydroxylation sites is 1. The number of halogens is 1. The highest BCUT2D eigenvalue weighted by Gasteiger charge is 2.49. The van der Waals surface area contributed by atoms with Crippen LogP contribution in [0.15, 0.2) is 51.8 Å². The number of nitrogens with zero attached hydrogens (tertiary/aromatic N) is 7. The van der Waals surface area contributed by atoms with Crippen LogP contribution < -0.4 is 0 Å². The van der Waals surface area contributed by atoms with E-state index >= 15 is 0 Å². The second-order valence-corrected chi connectivity index (χ2v) is 12.5. The predicted molar refractivity (Wildman–Crippen MR) is 146 cm³/mol. The maximum absolute atomic E-state index is 11.3. The lowest BCUT2D eigenvalue weighted by Crippen LogP contribution is -2.53. The highest BCUT2D eigenvalue weighted by atomic mass is 35.5. The van der Waals surface area contributed by atoms with Gasteiger partial charge in [-0.2, -0.15) is 5.10 Å². The maximum atomic E-state index is 11.3. The lowest BCUT2D eigenvalue weighted by Gasteiger charge is -2.44. The van der Waals surface area contributed by atoms with E-state index in [9.17, 15) is 10.2 Å². The Morgan fingerprint density at radius 3 is 2.82 bits per heavy atom. The molecule has 200 valence electrons. The van der Waals surface area contributed by atoms with E-state index in [1.165, 1.54) is 11.3 Å². The van der Waals surface area contributed by atoms with E-state index in [0.29, 0.717) is 15.9 Å². The van der Waals surface area contributed by atoms with Crippen molar-refractivity contribution in [2.45, 2.75) is 49.2 Å². The average molecular weight is 576 g/mol. The molecule has 5 heterocycles. The van der Waals surface area contributed by atoms with Gasteiger partial charge >= 0.3 is 0 Å². The number of ether oxygens (including phenoxy) is 2. The summed E-state index contributed by atoms with van der Waals surface area (Å²) in [5.74, 6) is 0. The van der Waals surface area contributed by atoms with Crippen LogP contribution in [-0.2, 0) is 9.47 Å². The molecule has 0 radical (unpaired) electrons. The molecule has 1 aromatic carbocycles. The second kappa shape index (κ2) is 10.2. The zero-order valence-corrected chi connectivity index (χ0v) is 23.2. The summed E-state index contributed by atoms with van der Waals surface area (Å²) in [4.78, 5) is 10.1. The minimum Gasteiger partial charge on any atom is -0.394 e. The third-order valence-electron chi connectivity index (χ3n) is 6.67. The molecular formula is C24H26ClN7O4S2. The number of benzene rings is 1. The molecule has 2 N–H and O–H groups in total. The summed E-state index contributed by atoms with van der Waals surface area (Å²) in [6, 6.07) is 9.29. The maximum Gasteiger partial charge on any atom is 0.147 e. The largest absolute Gasteiger partial charge is 0.394 e. The van der Waals surface area contributed by atoms with Crippen LogP contribution in [0, 0.1) is 6.92 Å². The molecule has 1 saturated heterocycles. The number of aliphatic hydroxyl groups excluding tert-OH is 2. The molecule has 38 heavy (non-hydrogen) atoms. The Kier molecular flexibility index (Phi) is 6.84. The molecule has 0 bridgehead atoms. The first-order chi connectivity index (χ1) is 18.4. The zero-order valence-electron chi connectivity index (χ0n) is 20.7. The minimum atomic E-state index is -1.12. The number of aryl methyl sites for hydroxylation is 1. The molecule has 2 aliphatic rings. The average Bonchev–Trinajstić information content (AvgIpc) is 3.69. The first kappa shape index (κ1) is 25.6. The monoisotopic (exact) mass is 575 g/mol. The molecule has 0 saturated carbocycles. The smallest absolute Gasteiger partial charge is 0.147 e. The summed E-state index contributed by atoms with van der Waals surface area (Å²) in [5.41, 5.74) is 3.03. The Balaban J connectivity index is 1.42. The van der Waals surface area contributed by atoms with Gasteiger partial charge in [0.05, 0.1) is 34.9 Å². The molecule has 4 aromatic rings. The van der Waals surface area contributed by atoms with E-state index in [4.69, 9.17) is 31.2 Å². The Bertz CT molecular complexity index is 1500. The van der Waals surface area contributed by atoms with Crippen LogP contribution in [0.3, 0.4) is 0 Å². The van der Waals surface area contributed by atoms with Gasteiger partial charge in [0, 0.05) is 17.4 Å². The van der Waals surface area contributed by atoms with Gasteiger partial charge in [0.25, 0.3) is 0 Å². The fourth-order valence-electron chi connectivity index (χ4n) is 5.03. The van der Waals surface area contributed by atoms with Gasteiger partial charge in [-0.3, -0.25) is 0 Å². The predicted octanol–water partition coefficient (Wildman–Crippen LogP) is 3.50. The van der Waals surface area contributed by atoms with Crippen LogP contribution in [-0.4, -0.2) is 76.4 Å². The Morgan fingerprint density at radius 1 is 1.26 bits per heavy atom. The molecule has 14 heteroatoms. The Labute approximate surface area is 230 Å². The Hall–Kier alpha value is -2.65. The second-order valence-electron chi connectivity index (χ2n) is 9.08. The summed E-state index contributed by atoms with van der Waals surface area (Å²) in [5, 5.41) is 38.5. The summed E-state index contributed by atoms with van der Waals surface area (Å²) in [6.45, 7) is 3.54. The summed E-state index contributed by atoms with van der Waals surface area (Å²) in [6.07, 6.45) is -1.66. The van der Waals surface area contributed by atoms with Crippen LogP contribution in [0.4, 0.5) is 5.69 Å². The number of hydrogen-bond donors (Lipinski definition) is 3. The van der Waals surface area contributed by atoms with Crippen molar-refractivity contribution in [3.8, 4) is 10.7 Å². The first-order valence-electron chi connectivity index (χ1n) is 11.9. The van der Waals surface area contributed by atoms with Crippen LogP contribution in [0.2, 0.25) is 5.15 Å². The lowest BCUT2D eigenvalue weighted by molar-refractivity contribution is -0.216. The number of rotatable bonds is 6. The fraction of sp³-hybridized carbons (Fsp3) is 0.375. The van der Waals surface area contributed by atoms with E-state index in [1.807, 2.05) is 42.2 Å². The number of fused-ring (bicyclic) bond motifs is 1. The molecule has 6 rings (SSSR count). The van der Waals surface area contributed by atoms with Crippen molar-refractivity contribution in [1.82, 2.24) is 29.2 Å². The number of methoxy groups -OCH3 is 1. The number of hydrogen-bond acceptors (Lipinski definition) is 10. The number of thiazole rings is 1. The summed E-state index contributed by atoms with van der Waals surface area (Å²) < 4.78 is 15.8. The van der Waals surface area contributed by atoms with Crippen molar-refractivity contribution in [2.24, 2.45) is 4.99 Å². The number of thiol groups is 1. The SMILES string of the molecule is CO[C@@H]1[C@@H](n2cc(-c3nc(Cl)cs3)nn2)[C@@H](O)[C@@H](CO)O[C@H]1c1cc(C)nn1[SH]1C(C)=Nc2ccccc21. The van der Waals surface area contributed by atoms with E-state index in [-0.39, 0.29) is 6.61 Å². The summed E-state index contributed by atoms with van der Waals surface area (Å²) in [7, 11) is 1.56. The number of aromatic nitrogens is 6. The standard InChI is InChI=1S/C24H26ClN7O4S2/c1-12-8-16(32(29-12)38-13(2)26-14-6-4-5-7-18(14)38)22-23(35-3)20(21(34)17(10-33)36-22)31-9-15(28-30-31)24-27-19(25)11-37-24/h4-9,11,17,20-23,33-34,38H,10H2,1-3H3/t17-,20+,21+,22+,23-/m1/s1. The zero-order chi connectivity index (χ0) is 26.6. The topological polar surface area (TPSA) is 133 Å². The van der Waals surface area contributed by atoms with Crippen LogP contribution in [0.1, 0.15) is 30.5 Å². The molecule has 2 aliphatic heterocycles. The highest BCUT2D eigenvalue weighted by Crippen LogP contribution is 2.52. The minimum absolute atomic E-state index is 0.374. The van der Waals surface area contributed by atoms with Crippen LogP contribution in [0.5, 0.6) is 0 Å². The highest BCUT2D eigenvalue weighted by molar-refractivity contribution is 8.29. The van der Waals surface area contributed by atoms with Crippen molar-refractivity contribution in [1.29, 1.82) is 0 Å². The quantitative estimate of drug-likeness (QED) is 0.298. The fourth-order valence-corrected chi connectivity index (χ4v) is 8.15. The third-order valence-corrected chi connectivity index (χ3v) is 10.1. The molecule has 0 amide bonds.